The van der Waals surface area contributed by atoms with Gasteiger partial charge in [-0.05, 0) is 33.1 Å². The van der Waals surface area contributed by atoms with Gasteiger partial charge in [0.1, 0.15) is 0 Å². The van der Waals surface area contributed by atoms with Crippen molar-refractivity contribution in [3.63, 3.8) is 0 Å². The Balaban J connectivity index is 1.77. The molecule has 1 aliphatic heterocycles. The normalized spacial score (nSPS) is 25.2. The molecule has 1 aliphatic carbocycles. The van der Waals surface area contributed by atoms with Crippen LogP contribution in [0, 0.1) is 18.3 Å². The van der Waals surface area contributed by atoms with Gasteiger partial charge in [-0.25, -0.2) is 4.79 Å². The van der Waals surface area contributed by atoms with Crippen LogP contribution in [0.15, 0.2) is 0 Å². The lowest BCUT2D eigenvalue weighted by molar-refractivity contribution is -0.126. The SMILES string of the molecule is C#CCN1CCN(C(=O)N[C@@H]2CCC[C@@H](C(=O)NC(C)C)C2)CC1. The molecule has 0 aromatic rings. The van der Waals surface area contributed by atoms with Crippen molar-refractivity contribution in [2.45, 2.75) is 51.6 Å². The van der Waals surface area contributed by atoms with Crippen molar-refractivity contribution in [1.82, 2.24) is 20.4 Å². The molecule has 2 aliphatic rings. The van der Waals surface area contributed by atoms with Crippen LogP contribution in [0.1, 0.15) is 39.5 Å². The van der Waals surface area contributed by atoms with E-state index in [2.05, 4.69) is 21.5 Å². The third-order valence-corrected chi connectivity index (χ3v) is 4.78. The first kappa shape index (κ1) is 18.6. The molecule has 134 valence electrons. The van der Waals surface area contributed by atoms with Gasteiger partial charge in [-0.1, -0.05) is 12.3 Å². The van der Waals surface area contributed by atoms with Crippen LogP contribution in [-0.2, 0) is 4.79 Å². The maximum Gasteiger partial charge on any atom is 0.317 e. The van der Waals surface area contributed by atoms with Crippen LogP contribution in [0.3, 0.4) is 0 Å². The zero-order valence-corrected chi connectivity index (χ0v) is 14.9. The van der Waals surface area contributed by atoms with Gasteiger partial charge in [0.2, 0.25) is 5.91 Å². The Hall–Kier alpha value is -1.74. The number of terminal acetylenes is 1. The minimum atomic E-state index is -0.00900. The second kappa shape index (κ2) is 8.93. The molecule has 0 aromatic carbocycles. The van der Waals surface area contributed by atoms with Gasteiger partial charge in [0.15, 0.2) is 0 Å². The molecule has 0 unspecified atom stereocenters. The maximum atomic E-state index is 12.4. The van der Waals surface area contributed by atoms with E-state index in [-0.39, 0.29) is 29.9 Å². The molecule has 2 fully saturated rings. The van der Waals surface area contributed by atoms with Crippen molar-refractivity contribution in [1.29, 1.82) is 0 Å². The van der Waals surface area contributed by atoms with Crippen LogP contribution in [0.25, 0.3) is 0 Å². The van der Waals surface area contributed by atoms with Crippen molar-refractivity contribution in [2.24, 2.45) is 5.92 Å². The van der Waals surface area contributed by atoms with E-state index >= 15 is 0 Å². The Kier molecular flexibility index (Phi) is 6.92. The summed E-state index contributed by atoms with van der Waals surface area (Å²) in [7, 11) is 0. The first-order valence-corrected chi connectivity index (χ1v) is 9.01. The molecule has 0 radical (unpaired) electrons. The number of amides is 3. The largest absolute Gasteiger partial charge is 0.354 e. The highest BCUT2D eigenvalue weighted by Crippen LogP contribution is 2.25. The van der Waals surface area contributed by atoms with Gasteiger partial charge in [-0.15, -0.1) is 6.42 Å². The van der Waals surface area contributed by atoms with Crippen LogP contribution >= 0.6 is 0 Å². The topological polar surface area (TPSA) is 64.7 Å². The summed E-state index contributed by atoms with van der Waals surface area (Å²) in [5.41, 5.74) is 0. The van der Waals surface area contributed by atoms with Crippen molar-refractivity contribution < 1.29 is 9.59 Å². The summed E-state index contributed by atoms with van der Waals surface area (Å²) >= 11 is 0. The van der Waals surface area contributed by atoms with Crippen LogP contribution in [-0.4, -0.2) is 66.5 Å². The third kappa shape index (κ3) is 5.41. The Labute approximate surface area is 145 Å². The van der Waals surface area contributed by atoms with Gasteiger partial charge >= 0.3 is 6.03 Å². The molecule has 6 heteroatoms. The average Bonchev–Trinajstić information content (AvgIpc) is 2.55. The number of rotatable bonds is 4. The minimum Gasteiger partial charge on any atom is -0.354 e. The predicted octanol–water partition coefficient (Wildman–Crippen LogP) is 1.03. The number of hydrogen-bond donors (Lipinski definition) is 2. The van der Waals surface area contributed by atoms with Crippen molar-refractivity contribution in [2.75, 3.05) is 32.7 Å². The number of urea groups is 1. The van der Waals surface area contributed by atoms with E-state index in [1.165, 1.54) is 0 Å². The zero-order valence-electron chi connectivity index (χ0n) is 14.9. The van der Waals surface area contributed by atoms with Gasteiger partial charge in [-0.2, -0.15) is 0 Å². The van der Waals surface area contributed by atoms with E-state index in [4.69, 9.17) is 6.42 Å². The summed E-state index contributed by atoms with van der Waals surface area (Å²) in [6.45, 7) is 7.64. The molecule has 2 N–H and O–H groups in total. The van der Waals surface area contributed by atoms with Crippen LogP contribution < -0.4 is 10.6 Å². The Morgan fingerprint density at radius 1 is 1.21 bits per heavy atom. The molecule has 1 saturated heterocycles. The molecule has 0 bridgehead atoms. The van der Waals surface area contributed by atoms with Crippen molar-refractivity contribution in [3.8, 4) is 12.3 Å². The van der Waals surface area contributed by atoms with E-state index in [1.54, 1.807) is 0 Å². The number of piperazine rings is 1. The molecule has 2 rings (SSSR count). The lowest BCUT2D eigenvalue weighted by Gasteiger charge is -2.36. The first-order chi connectivity index (χ1) is 11.5. The first-order valence-electron chi connectivity index (χ1n) is 9.01. The highest BCUT2D eigenvalue weighted by molar-refractivity contribution is 5.79. The maximum absolute atomic E-state index is 12.4. The Bertz CT molecular complexity index is 478. The second-order valence-electron chi connectivity index (χ2n) is 7.14. The Morgan fingerprint density at radius 3 is 2.54 bits per heavy atom. The average molecular weight is 334 g/mol. The lowest BCUT2D eigenvalue weighted by Crippen LogP contribution is -2.54. The highest BCUT2D eigenvalue weighted by atomic mass is 16.2. The van der Waals surface area contributed by atoms with E-state index in [0.717, 1.165) is 38.8 Å². The summed E-state index contributed by atoms with van der Waals surface area (Å²) < 4.78 is 0. The van der Waals surface area contributed by atoms with Gasteiger partial charge < -0.3 is 15.5 Å². The number of nitrogens with one attached hydrogen (secondary N) is 2. The third-order valence-electron chi connectivity index (χ3n) is 4.78. The molecule has 1 heterocycles. The minimum absolute atomic E-state index is 0.00900. The molecule has 3 amide bonds. The summed E-state index contributed by atoms with van der Waals surface area (Å²) in [6, 6.07) is 0.245. The fourth-order valence-corrected chi connectivity index (χ4v) is 3.47. The molecular weight excluding hydrogens is 304 g/mol. The fraction of sp³-hybridized carbons (Fsp3) is 0.778. The summed E-state index contributed by atoms with van der Waals surface area (Å²) in [5, 5.41) is 6.10. The Morgan fingerprint density at radius 2 is 1.92 bits per heavy atom. The van der Waals surface area contributed by atoms with E-state index < -0.39 is 0 Å². The van der Waals surface area contributed by atoms with E-state index in [1.807, 2.05) is 18.7 Å². The summed E-state index contributed by atoms with van der Waals surface area (Å²) in [4.78, 5) is 28.7. The molecule has 0 spiro atoms. The molecular formula is C18H30N4O2. The van der Waals surface area contributed by atoms with E-state index in [9.17, 15) is 9.59 Å². The standard InChI is InChI=1S/C18H30N4O2/c1-4-8-21-9-11-22(12-10-21)18(24)20-16-7-5-6-15(13-16)17(23)19-14(2)3/h1,14-16H,5-13H2,2-3H3,(H,19,23)(H,20,24)/t15-,16-/m1/s1. The fourth-order valence-electron chi connectivity index (χ4n) is 3.47. The van der Waals surface area contributed by atoms with Gasteiger partial charge in [0, 0.05) is 44.2 Å². The number of nitrogens with zero attached hydrogens (tertiary/aromatic N) is 2. The van der Waals surface area contributed by atoms with Crippen LogP contribution in [0.4, 0.5) is 4.79 Å². The highest BCUT2D eigenvalue weighted by Gasteiger charge is 2.30. The van der Waals surface area contributed by atoms with Gasteiger partial charge in [0.25, 0.3) is 0 Å². The predicted molar refractivity (Wildman–Crippen MR) is 94.4 cm³/mol. The van der Waals surface area contributed by atoms with Crippen LogP contribution in [0.2, 0.25) is 0 Å². The molecule has 6 nitrogen and oxygen atoms in total. The summed E-state index contributed by atoms with van der Waals surface area (Å²) in [5.74, 6) is 2.78. The second-order valence-corrected chi connectivity index (χ2v) is 7.14. The lowest BCUT2D eigenvalue weighted by atomic mass is 9.85. The quantitative estimate of drug-likeness (QED) is 0.755. The number of carbonyl (C=O) groups excluding carboxylic acids is 2. The number of hydrogen-bond acceptors (Lipinski definition) is 3. The monoisotopic (exact) mass is 334 g/mol. The number of carbonyl (C=O) groups is 2. The molecule has 2 atom stereocenters. The summed E-state index contributed by atoms with van der Waals surface area (Å²) in [6.07, 6.45) is 8.91. The van der Waals surface area contributed by atoms with Crippen LogP contribution in [0.5, 0.6) is 0 Å². The molecule has 1 saturated carbocycles. The van der Waals surface area contributed by atoms with Gasteiger partial charge in [-0.3, -0.25) is 9.69 Å². The molecule has 24 heavy (non-hydrogen) atoms. The van der Waals surface area contributed by atoms with Gasteiger partial charge in [0.05, 0.1) is 6.54 Å². The van der Waals surface area contributed by atoms with Crippen molar-refractivity contribution >= 4 is 11.9 Å². The van der Waals surface area contributed by atoms with E-state index in [0.29, 0.717) is 19.6 Å². The van der Waals surface area contributed by atoms with Crippen molar-refractivity contribution in [3.05, 3.63) is 0 Å². The molecule has 0 aromatic heterocycles. The zero-order chi connectivity index (χ0) is 17.5. The smallest absolute Gasteiger partial charge is 0.317 e.